The molecule has 1 aromatic rings. The summed E-state index contributed by atoms with van der Waals surface area (Å²) in [6, 6.07) is 10.4. The average Bonchev–Trinajstić information content (AvgIpc) is 2.45. The summed E-state index contributed by atoms with van der Waals surface area (Å²) in [5, 5.41) is 3.22. The molecule has 0 unspecified atom stereocenters. The molecule has 0 saturated heterocycles. The number of hydrogen-bond acceptors (Lipinski definition) is 2. The van der Waals surface area contributed by atoms with Crippen LogP contribution in [0.1, 0.15) is 33.1 Å². The number of nitrogens with one attached hydrogen (secondary N) is 1. The minimum Gasteiger partial charge on any atom is -0.365 e. The highest BCUT2D eigenvalue weighted by Gasteiger charge is 2.28. The second kappa shape index (κ2) is 6.78. The molecule has 0 bridgehead atoms. The Morgan fingerprint density at radius 2 is 1.95 bits per heavy atom. The lowest BCUT2D eigenvalue weighted by Gasteiger charge is -2.35. The van der Waals surface area contributed by atoms with Gasteiger partial charge in [-0.2, -0.15) is 0 Å². The summed E-state index contributed by atoms with van der Waals surface area (Å²) in [6.07, 6.45) is 3.63. The van der Waals surface area contributed by atoms with Crippen LogP contribution in [0.4, 0.5) is 5.69 Å². The van der Waals surface area contributed by atoms with Gasteiger partial charge >= 0.3 is 0 Å². The highest BCUT2D eigenvalue weighted by Crippen LogP contribution is 2.29. The number of nitrogens with zero attached hydrogens (tertiary/aromatic N) is 1. The summed E-state index contributed by atoms with van der Waals surface area (Å²) in [5.74, 6) is 1.41. The Morgan fingerprint density at radius 1 is 1.25 bits per heavy atom. The molecule has 3 heteroatoms. The van der Waals surface area contributed by atoms with Crippen LogP contribution < -0.4 is 10.2 Å². The smallest absolute Gasteiger partial charge is 0.239 e. The van der Waals surface area contributed by atoms with E-state index in [9.17, 15) is 4.79 Å². The van der Waals surface area contributed by atoms with Gasteiger partial charge in [-0.1, -0.05) is 44.9 Å². The first-order valence-electron chi connectivity index (χ1n) is 7.63. The molecule has 1 amide bonds. The third-order valence-electron chi connectivity index (χ3n) is 4.63. The van der Waals surface area contributed by atoms with E-state index in [2.05, 4.69) is 19.2 Å². The van der Waals surface area contributed by atoms with Crippen LogP contribution >= 0.6 is 0 Å². The standard InChI is InChI=1S/C17H26N2O/c1-13-8-7-11-16(14(13)2)18-17(20)12-19(3)15-9-5-4-6-10-15/h4-6,9-10,13-14,16H,7-8,11-12H2,1-3H3,(H,18,20)/t13-,14-,16+/m1/s1. The normalized spacial score (nSPS) is 26.1. The van der Waals surface area contributed by atoms with Gasteiger partial charge in [0.15, 0.2) is 0 Å². The van der Waals surface area contributed by atoms with Gasteiger partial charge in [-0.05, 0) is 30.4 Å². The molecule has 2 rings (SSSR count). The van der Waals surface area contributed by atoms with Crippen molar-refractivity contribution < 1.29 is 4.79 Å². The van der Waals surface area contributed by atoms with E-state index in [4.69, 9.17) is 0 Å². The van der Waals surface area contributed by atoms with Crippen molar-refractivity contribution in [2.45, 2.75) is 39.2 Å². The van der Waals surface area contributed by atoms with Crippen LogP contribution in [0.25, 0.3) is 0 Å². The molecule has 0 spiro atoms. The minimum atomic E-state index is 0.127. The zero-order valence-electron chi connectivity index (χ0n) is 12.8. The van der Waals surface area contributed by atoms with Crippen molar-refractivity contribution in [3.05, 3.63) is 30.3 Å². The van der Waals surface area contributed by atoms with Crippen molar-refractivity contribution in [3.63, 3.8) is 0 Å². The van der Waals surface area contributed by atoms with Gasteiger partial charge in [-0.25, -0.2) is 0 Å². The van der Waals surface area contributed by atoms with Crippen LogP contribution in [0.2, 0.25) is 0 Å². The lowest BCUT2D eigenvalue weighted by atomic mass is 9.78. The first-order chi connectivity index (χ1) is 9.58. The van der Waals surface area contributed by atoms with Crippen molar-refractivity contribution in [2.75, 3.05) is 18.5 Å². The number of carbonyl (C=O) groups excluding carboxylic acids is 1. The zero-order chi connectivity index (χ0) is 14.5. The number of para-hydroxylation sites is 1. The van der Waals surface area contributed by atoms with Crippen LogP contribution in [0.3, 0.4) is 0 Å². The van der Waals surface area contributed by atoms with Crippen molar-refractivity contribution in [2.24, 2.45) is 11.8 Å². The van der Waals surface area contributed by atoms with E-state index in [-0.39, 0.29) is 5.91 Å². The minimum absolute atomic E-state index is 0.127. The van der Waals surface area contributed by atoms with Crippen LogP contribution in [-0.2, 0) is 4.79 Å². The molecular weight excluding hydrogens is 248 g/mol. The molecule has 0 radical (unpaired) electrons. The lowest BCUT2D eigenvalue weighted by molar-refractivity contribution is -0.121. The average molecular weight is 274 g/mol. The summed E-state index contributed by atoms with van der Waals surface area (Å²) >= 11 is 0. The quantitative estimate of drug-likeness (QED) is 0.915. The second-order valence-corrected chi connectivity index (χ2v) is 6.13. The van der Waals surface area contributed by atoms with Crippen molar-refractivity contribution in [1.82, 2.24) is 5.32 Å². The molecule has 110 valence electrons. The zero-order valence-corrected chi connectivity index (χ0v) is 12.8. The fourth-order valence-corrected chi connectivity index (χ4v) is 3.03. The Hall–Kier alpha value is -1.51. The van der Waals surface area contributed by atoms with Gasteiger partial charge < -0.3 is 10.2 Å². The number of benzene rings is 1. The Bertz CT molecular complexity index is 432. The van der Waals surface area contributed by atoms with Gasteiger partial charge in [-0.3, -0.25) is 4.79 Å². The molecular formula is C17H26N2O. The van der Waals surface area contributed by atoms with E-state index in [1.807, 2.05) is 42.3 Å². The van der Waals surface area contributed by atoms with Crippen LogP contribution in [0, 0.1) is 11.8 Å². The number of rotatable bonds is 4. The van der Waals surface area contributed by atoms with Gasteiger partial charge in [0.25, 0.3) is 0 Å². The molecule has 0 aliphatic heterocycles. The maximum absolute atomic E-state index is 12.2. The Morgan fingerprint density at radius 3 is 2.65 bits per heavy atom. The second-order valence-electron chi connectivity index (χ2n) is 6.13. The van der Waals surface area contributed by atoms with Crippen LogP contribution in [-0.4, -0.2) is 25.5 Å². The Kier molecular flexibility index (Phi) is 5.05. The Labute approximate surface area is 122 Å². The highest BCUT2D eigenvalue weighted by molar-refractivity contribution is 5.81. The van der Waals surface area contributed by atoms with E-state index in [1.165, 1.54) is 12.8 Å². The third-order valence-corrected chi connectivity index (χ3v) is 4.63. The molecule has 3 atom stereocenters. The molecule has 1 saturated carbocycles. The van der Waals surface area contributed by atoms with Crippen molar-refractivity contribution in [3.8, 4) is 0 Å². The lowest BCUT2D eigenvalue weighted by Crippen LogP contribution is -2.46. The first kappa shape index (κ1) is 14.9. The topological polar surface area (TPSA) is 32.3 Å². The highest BCUT2D eigenvalue weighted by atomic mass is 16.2. The summed E-state index contributed by atoms with van der Waals surface area (Å²) in [5.41, 5.74) is 1.08. The van der Waals surface area contributed by atoms with Crippen molar-refractivity contribution in [1.29, 1.82) is 0 Å². The summed E-state index contributed by atoms with van der Waals surface area (Å²) in [7, 11) is 1.96. The molecule has 1 aliphatic carbocycles. The van der Waals surface area contributed by atoms with Crippen LogP contribution in [0.15, 0.2) is 30.3 Å². The van der Waals surface area contributed by atoms with Gasteiger partial charge in [0, 0.05) is 18.8 Å². The maximum atomic E-state index is 12.2. The summed E-state index contributed by atoms with van der Waals surface area (Å²) < 4.78 is 0. The number of carbonyl (C=O) groups is 1. The Balaban J connectivity index is 1.86. The maximum Gasteiger partial charge on any atom is 0.239 e. The monoisotopic (exact) mass is 274 g/mol. The van der Waals surface area contributed by atoms with E-state index >= 15 is 0 Å². The van der Waals surface area contributed by atoms with Gasteiger partial charge in [-0.15, -0.1) is 0 Å². The number of likely N-dealkylation sites (N-methyl/N-ethyl adjacent to an activating group) is 1. The van der Waals surface area contributed by atoms with E-state index < -0.39 is 0 Å². The molecule has 1 aromatic carbocycles. The van der Waals surface area contributed by atoms with E-state index in [0.29, 0.717) is 24.4 Å². The number of anilines is 1. The number of amides is 1. The fourth-order valence-electron chi connectivity index (χ4n) is 3.03. The molecule has 20 heavy (non-hydrogen) atoms. The molecule has 1 aliphatic rings. The predicted molar refractivity (Wildman–Crippen MR) is 83.8 cm³/mol. The molecule has 1 fully saturated rings. The van der Waals surface area contributed by atoms with Gasteiger partial charge in [0.05, 0.1) is 6.54 Å². The largest absolute Gasteiger partial charge is 0.365 e. The van der Waals surface area contributed by atoms with Gasteiger partial charge in [0.2, 0.25) is 5.91 Å². The molecule has 0 heterocycles. The molecule has 1 N–H and O–H groups in total. The van der Waals surface area contributed by atoms with E-state index in [1.54, 1.807) is 0 Å². The summed E-state index contributed by atoms with van der Waals surface area (Å²) in [4.78, 5) is 14.2. The van der Waals surface area contributed by atoms with Gasteiger partial charge in [0.1, 0.15) is 0 Å². The predicted octanol–water partition coefficient (Wildman–Crippen LogP) is 3.06. The summed E-state index contributed by atoms with van der Waals surface area (Å²) in [6.45, 7) is 4.97. The molecule has 3 nitrogen and oxygen atoms in total. The van der Waals surface area contributed by atoms with E-state index in [0.717, 1.165) is 12.1 Å². The SMILES string of the molecule is C[C@@H]1[C@H](C)CCC[C@@H]1NC(=O)CN(C)c1ccccc1. The van der Waals surface area contributed by atoms with Crippen LogP contribution in [0.5, 0.6) is 0 Å². The van der Waals surface area contributed by atoms with Crippen molar-refractivity contribution >= 4 is 11.6 Å². The first-order valence-corrected chi connectivity index (χ1v) is 7.63. The molecule has 0 aromatic heterocycles. The number of hydrogen-bond donors (Lipinski definition) is 1. The fraction of sp³-hybridized carbons (Fsp3) is 0.588. The third kappa shape index (κ3) is 3.75.